The molecule has 0 unspecified atom stereocenters. The number of hydrogen-bond acceptors (Lipinski definition) is 4. The number of hydrogen-bond donors (Lipinski definition) is 2. The summed E-state index contributed by atoms with van der Waals surface area (Å²) in [5.74, 6) is -0.560. The molecular weight excluding hydrogens is 409 g/mol. The predicted octanol–water partition coefficient (Wildman–Crippen LogP) is 2.28. The number of nitrogens with zero attached hydrogens (tertiary/aromatic N) is 2. The van der Waals surface area contributed by atoms with E-state index in [2.05, 4.69) is 10.3 Å². The molecule has 0 fully saturated rings. The van der Waals surface area contributed by atoms with Crippen LogP contribution < -0.4 is 10.5 Å². The number of fused-ring (bicyclic) bond motifs is 1. The van der Waals surface area contributed by atoms with Gasteiger partial charge in [-0.1, -0.05) is 12.1 Å². The molecule has 1 aromatic carbocycles. The predicted molar refractivity (Wildman–Crippen MR) is 98.8 cm³/mol. The highest BCUT2D eigenvalue weighted by atomic mass is 32.2. The molecule has 0 saturated carbocycles. The van der Waals surface area contributed by atoms with E-state index in [9.17, 15) is 26.4 Å². The van der Waals surface area contributed by atoms with Crippen molar-refractivity contribution in [2.24, 2.45) is 5.14 Å². The van der Waals surface area contributed by atoms with Crippen LogP contribution in [0.25, 0.3) is 5.65 Å². The second-order valence-electron chi connectivity index (χ2n) is 6.38. The molecule has 0 aliphatic carbocycles. The third kappa shape index (κ3) is 4.57. The largest absolute Gasteiger partial charge is 0.417 e. The molecule has 3 aromatic rings. The van der Waals surface area contributed by atoms with Crippen LogP contribution in [-0.4, -0.2) is 30.3 Å². The number of imidazole rings is 1. The van der Waals surface area contributed by atoms with Gasteiger partial charge in [0.1, 0.15) is 11.3 Å². The monoisotopic (exact) mass is 426 g/mol. The average Bonchev–Trinajstić information content (AvgIpc) is 2.95. The first-order chi connectivity index (χ1) is 13.5. The molecule has 2 heterocycles. The van der Waals surface area contributed by atoms with Crippen molar-refractivity contribution in [3.63, 3.8) is 0 Å². The molecule has 2 aromatic heterocycles. The van der Waals surface area contributed by atoms with E-state index in [1.165, 1.54) is 18.2 Å². The van der Waals surface area contributed by atoms with Gasteiger partial charge in [-0.05, 0) is 43.2 Å². The lowest BCUT2D eigenvalue weighted by molar-refractivity contribution is -0.137. The highest BCUT2D eigenvalue weighted by Crippen LogP contribution is 2.29. The normalized spacial score (nSPS) is 12.3. The van der Waals surface area contributed by atoms with Crippen molar-refractivity contribution in [2.75, 3.05) is 6.54 Å². The van der Waals surface area contributed by atoms with E-state index in [4.69, 9.17) is 5.14 Å². The smallest absolute Gasteiger partial charge is 0.350 e. The van der Waals surface area contributed by atoms with Crippen LogP contribution in [0.3, 0.4) is 0 Å². The van der Waals surface area contributed by atoms with Crippen molar-refractivity contribution in [1.82, 2.24) is 14.7 Å². The molecule has 0 radical (unpaired) electrons. The molecule has 1 amide bonds. The number of benzene rings is 1. The van der Waals surface area contributed by atoms with Gasteiger partial charge in [-0.15, -0.1) is 0 Å². The summed E-state index contributed by atoms with van der Waals surface area (Å²) in [7, 11) is -3.78. The maximum Gasteiger partial charge on any atom is 0.417 e. The maximum absolute atomic E-state index is 13.0. The van der Waals surface area contributed by atoms with Crippen LogP contribution in [0, 0.1) is 6.92 Å². The van der Waals surface area contributed by atoms with Crippen molar-refractivity contribution < 1.29 is 26.4 Å². The summed E-state index contributed by atoms with van der Waals surface area (Å²) in [6.45, 7) is 1.74. The highest BCUT2D eigenvalue weighted by molar-refractivity contribution is 7.89. The van der Waals surface area contributed by atoms with E-state index >= 15 is 0 Å². The first-order valence-electron chi connectivity index (χ1n) is 8.42. The molecule has 7 nitrogen and oxygen atoms in total. The van der Waals surface area contributed by atoms with Crippen LogP contribution in [-0.2, 0) is 22.6 Å². The van der Waals surface area contributed by atoms with E-state index in [1.807, 2.05) is 0 Å². The quantitative estimate of drug-likeness (QED) is 0.653. The standard InChI is InChI=1S/C18H17F3N4O3S/c1-11-16(25-10-13(18(19,20)21)4-7-15(25)24-11)17(26)23-9-8-12-2-5-14(6-3-12)29(22,27)28/h2-7,10H,8-9H2,1H3,(H,23,26)(H2,22,27,28). The lowest BCUT2D eigenvalue weighted by Gasteiger charge is -2.09. The molecular formula is C18H17F3N4O3S. The topological polar surface area (TPSA) is 107 Å². The van der Waals surface area contributed by atoms with Gasteiger partial charge in [-0.25, -0.2) is 18.5 Å². The highest BCUT2D eigenvalue weighted by Gasteiger charge is 2.31. The number of nitrogens with two attached hydrogens (primary N) is 1. The molecule has 0 atom stereocenters. The Hall–Kier alpha value is -2.92. The number of alkyl halides is 3. The summed E-state index contributed by atoms with van der Waals surface area (Å²) in [5, 5.41) is 7.68. The number of carbonyl (C=O) groups is 1. The van der Waals surface area contributed by atoms with Gasteiger partial charge >= 0.3 is 6.18 Å². The third-order valence-electron chi connectivity index (χ3n) is 4.29. The van der Waals surface area contributed by atoms with E-state index in [0.717, 1.165) is 22.2 Å². The minimum absolute atomic E-state index is 0.0212. The van der Waals surface area contributed by atoms with Crippen LogP contribution in [0.1, 0.15) is 27.3 Å². The Bertz CT molecular complexity index is 1170. The number of carbonyl (C=O) groups excluding carboxylic acids is 1. The lowest BCUT2D eigenvalue weighted by atomic mass is 10.1. The molecule has 0 spiro atoms. The van der Waals surface area contributed by atoms with E-state index < -0.39 is 27.7 Å². The van der Waals surface area contributed by atoms with Crippen molar-refractivity contribution in [2.45, 2.75) is 24.4 Å². The molecule has 29 heavy (non-hydrogen) atoms. The third-order valence-corrected chi connectivity index (χ3v) is 5.22. The van der Waals surface area contributed by atoms with Crippen LogP contribution in [0.5, 0.6) is 0 Å². The molecule has 0 aliphatic rings. The fraction of sp³-hybridized carbons (Fsp3) is 0.222. The first-order valence-corrected chi connectivity index (χ1v) is 9.97. The van der Waals surface area contributed by atoms with Crippen LogP contribution in [0.2, 0.25) is 0 Å². The molecule has 154 valence electrons. The average molecular weight is 426 g/mol. The van der Waals surface area contributed by atoms with Gasteiger partial charge < -0.3 is 5.32 Å². The van der Waals surface area contributed by atoms with Crippen molar-refractivity contribution in [3.8, 4) is 0 Å². The van der Waals surface area contributed by atoms with Gasteiger partial charge in [-0.3, -0.25) is 9.20 Å². The minimum atomic E-state index is -4.54. The van der Waals surface area contributed by atoms with Crippen molar-refractivity contribution in [1.29, 1.82) is 0 Å². The minimum Gasteiger partial charge on any atom is -0.350 e. The summed E-state index contributed by atoms with van der Waals surface area (Å²) in [6, 6.07) is 7.98. The second kappa shape index (κ2) is 7.48. The number of rotatable bonds is 5. The Morgan fingerprint density at radius 2 is 1.83 bits per heavy atom. The van der Waals surface area contributed by atoms with Crippen molar-refractivity contribution in [3.05, 3.63) is 65.1 Å². The SMILES string of the molecule is Cc1nc2ccc(C(F)(F)F)cn2c1C(=O)NCCc1ccc(S(N)(=O)=O)cc1. The molecule has 0 saturated heterocycles. The molecule has 0 aliphatic heterocycles. The van der Waals surface area contributed by atoms with E-state index in [-0.39, 0.29) is 22.8 Å². The number of halogens is 3. The number of pyridine rings is 1. The Balaban J connectivity index is 1.74. The Labute approximate surface area is 164 Å². The van der Waals surface area contributed by atoms with Gasteiger partial charge in [0.25, 0.3) is 5.91 Å². The molecule has 3 N–H and O–H groups in total. The summed E-state index contributed by atoms with van der Waals surface area (Å²) in [4.78, 5) is 16.6. The Morgan fingerprint density at radius 3 is 2.41 bits per heavy atom. The zero-order valence-corrected chi connectivity index (χ0v) is 16.0. The van der Waals surface area contributed by atoms with Crippen LogP contribution >= 0.6 is 0 Å². The molecule has 11 heteroatoms. The number of primary sulfonamides is 1. The van der Waals surface area contributed by atoms with Crippen LogP contribution in [0.15, 0.2) is 47.5 Å². The molecule has 3 rings (SSSR count). The second-order valence-corrected chi connectivity index (χ2v) is 7.95. The van der Waals surface area contributed by atoms with Gasteiger partial charge in [0.15, 0.2) is 0 Å². The molecule has 0 bridgehead atoms. The van der Waals surface area contributed by atoms with Gasteiger partial charge in [-0.2, -0.15) is 13.2 Å². The first kappa shape index (κ1) is 20.8. The summed E-state index contributed by atoms with van der Waals surface area (Å²) >= 11 is 0. The number of nitrogens with one attached hydrogen (secondary N) is 1. The van der Waals surface area contributed by atoms with E-state index in [0.29, 0.717) is 12.1 Å². The zero-order valence-electron chi connectivity index (χ0n) is 15.2. The Morgan fingerprint density at radius 1 is 1.17 bits per heavy atom. The Kier molecular flexibility index (Phi) is 5.37. The van der Waals surface area contributed by atoms with Gasteiger partial charge in [0.05, 0.1) is 16.2 Å². The summed E-state index contributed by atoms with van der Waals surface area (Å²) in [6.07, 6.45) is -3.31. The summed E-state index contributed by atoms with van der Waals surface area (Å²) in [5.41, 5.74) is 0.438. The number of amides is 1. The number of aromatic nitrogens is 2. The fourth-order valence-corrected chi connectivity index (χ4v) is 3.37. The zero-order chi connectivity index (χ0) is 21.4. The van der Waals surface area contributed by atoms with Gasteiger partial charge in [0, 0.05) is 12.7 Å². The maximum atomic E-state index is 13.0. The van der Waals surface area contributed by atoms with Crippen LogP contribution in [0.4, 0.5) is 13.2 Å². The number of aryl methyl sites for hydroxylation is 1. The lowest BCUT2D eigenvalue weighted by Crippen LogP contribution is -2.27. The van der Waals surface area contributed by atoms with Crippen molar-refractivity contribution >= 4 is 21.6 Å². The summed E-state index contributed by atoms with van der Waals surface area (Å²) < 4.78 is 62.5. The van der Waals surface area contributed by atoms with E-state index in [1.54, 1.807) is 19.1 Å². The fourth-order valence-electron chi connectivity index (χ4n) is 2.85. The number of sulfonamides is 1. The van der Waals surface area contributed by atoms with Gasteiger partial charge in [0.2, 0.25) is 10.0 Å².